The molecule has 0 bridgehead atoms. The third-order valence-electron chi connectivity index (χ3n) is 1.75. The fourth-order valence-electron chi connectivity index (χ4n) is 1.13. The lowest BCUT2D eigenvalue weighted by molar-refractivity contribution is 0.112. The number of aromatic nitrogens is 2. The lowest BCUT2D eigenvalue weighted by atomic mass is 10.2. The zero-order valence-electron chi connectivity index (χ0n) is 7.69. The largest absolute Gasteiger partial charge is 0.400 e. The van der Waals surface area contributed by atoms with E-state index in [9.17, 15) is 4.79 Å². The van der Waals surface area contributed by atoms with E-state index in [0.29, 0.717) is 11.4 Å². The molecule has 1 aromatic carbocycles. The van der Waals surface area contributed by atoms with Crippen LogP contribution in [0.1, 0.15) is 10.4 Å². The Morgan fingerprint density at radius 2 is 2.21 bits per heavy atom. The molecule has 2 rings (SSSR count). The van der Waals surface area contributed by atoms with Crippen LogP contribution >= 0.6 is 0 Å². The molecule has 74 valence electrons. The van der Waals surface area contributed by atoms with Gasteiger partial charge >= 0.3 is 0 Å². The van der Waals surface area contributed by atoms with Gasteiger partial charge < -0.3 is 10.8 Å². The van der Waals surface area contributed by atoms with Gasteiger partial charge in [-0.2, -0.15) is 5.10 Å². The lowest BCUT2D eigenvalue weighted by Gasteiger charge is -1.90. The Balaban J connectivity index is 0.000000461. The molecule has 0 unspecified atom stereocenters. The molecule has 1 aromatic heterocycles. The molecule has 0 atom stereocenters. The number of anilines is 1. The predicted molar refractivity (Wildman–Crippen MR) is 54.0 cm³/mol. The fourth-order valence-corrected chi connectivity index (χ4v) is 1.13. The molecule has 2 aromatic rings. The van der Waals surface area contributed by atoms with Crippen molar-refractivity contribution < 1.29 is 9.90 Å². The smallest absolute Gasteiger partial charge is 0.153 e. The molecule has 1 heterocycles. The summed E-state index contributed by atoms with van der Waals surface area (Å²) in [6.07, 6.45) is 0.788. The van der Waals surface area contributed by atoms with E-state index in [0.717, 1.165) is 24.3 Å². The van der Waals surface area contributed by atoms with E-state index in [2.05, 4.69) is 10.2 Å². The van der Waals surface area contributed by atoms with Crippen LogP contribution in [0.15, 0.2) is 18.2 Å². The number of aldehydes is 1. The van der Waals surface area contributed by atoms with E-state index >= 15 is 0 Å². The number of nitrogens with zero attached hydrogens (tertiary/aromatic N) is 1. The maximum absolute atomic E-state index is 10.4. The highest BCUT2D eigenvalue weighted by Crippen LogP contribution is 2.17. The Labute approximate surface area is 80.5 Å². The molecule has 0 amide bonds. The van der Waals surface area contributed by atoms with Gasteiger partial charge in [0.25, 0.3) is 0 Å². The van der Waals surface area contributed by atoms with Crippen LogP contribution in [0.3, 0.4) is 0 Å². The first-order chi connectivity index (χ1) is 6.81. The number of carbonyl (C=O) groups excluding carboxylic acids is 1. The molecule has 0 aliphatic rings. The molecular weight excluding hydrogens is 182 g/mol. The standard InChI is InChI=1S/C8H7N3O.CH4O/c9-8-6-2-1-5(4-12)3-7(6)10-11-8;1-2/h1-4H,(H3,9,10,11);2H,1H3. The number of nitrogens with two attached hydrogens (primary N) is 1. The van der Waals surface area contributed by atoms with E-state index in [4.69, 9.17) is 10.8 Å². The molecule has 0 spiro atoms. The van der Waals surface area contributed by atoms with Crippen molar-refractivity contribution in [3.05, 3.63) is 23.8 Å². The van der Waals surface area contributed by atoms with Gasteiger partial charge in [-0.1, -0.05) is 6.07 Å². The minimum absolute atomic E-state index is 0.461. The summed E-state index contributed by atoms with van der Waals surface area (Å²) in [5.74, 6) is 0.461. The summed E-state index contributed by atoms with van der Waals surface area (Å²) in [5.41, 5.74) is 6.94. The van der Waals surface area contributed by atoms with Gasteiger partial charge in [0.1, 0.15) is 6.29 Å². The summed E-state index contributed by atoms with van der Waals surface area (Å²) in [4.78, 5) is 10.4. The molecule has 0 radical (unpaired) electrons. The van der Waals surface area contributed by atoms with Gasteiger partial charge in [0.2, 0.25) is 0 Å². The Hall–Kier alpha value is -1.88. The summed E-state index contributed by atoms with van der Waals surface area (Å²) >= 11 is 0. The first-order valence-corrected chi connectivity index (χ1v) is 3.95. The number of nitrogen functional groups attached to an aromatic ring is 1. The van der Waals surface area contributed by atoms with Crippen molar-refractivity contribution >= 4 is 23.0 Å². The van der Waals surface area contributed by atoms with Crippen molar-refractivity contribution in [3.8, 4) is 0 Å². The van der Waals surface area contributed by atoms with Gasteiger partial charge in [0, 0.05) is 18.1 Å². The van der Waals surface area contributed by atoms with Crippen LogP contribution in [0, 0.1) is 0 Å². The number of rotatable bonds is 1. The van der Waals surface area contributed by atoms with Crippen molar-refractivity contribution in [2.75, 3.05) is 12.8 Å². The lowest BCUT2D eigenvalue weighted by Crippen LogP contribution is -1.83. The molecule has 4 N–H and O–H groups in total. The fraction of sp³-hybridized carbons (Fsp3) is 0.111. The van der Waals surface area contributed by atoms with Crippen LogP contribution in [0.4, 0.5) is 5.82 Å². The number of carbonyl (C=O) groups is 1. The highest BCUT2D eigenvalue weighted by Gasteiger charge is 2.01. The summed E-state index contributed by atoms with van der Waals surface area (Å²) in [6.45, 7) is 0. The molecule has 0 fully saturated rings. The highest BCUT2D eigenvalue weighted by molar-refractivity contribution is 5.92. The summed E-state index contributed by atoms with van der Waals surface area (Å²) in [5, 5.41) is 14.4. The zero-order chi connectivity index (χ0) is 10.6. The number of nitrogens with one attached hydrogen (secondary N) is 1. The van der Waals surface area contributed by atoms with Crippen LogP contribution in [-0.4, -0.2) is 28.7 Å². The van der Waals surface area contributed by atoms with Gasteiger partial charge in [0.15, 0.2) is 5.82 Å². The summed E-state index contributed by atoms with van der Waals surface area (Å²) < 4.78 is 0. The van der Waals surface area contributed by atoms with Gasteiger partial charge in [-0.3, -0.25) is 9.89 Å². The monoisotopic (exact) mass is 193 g/mol. The summed E-state index contributed by atoms with van der Waals surface area (Å²) in [7, 11) is 1.00. The molecule has 0 aliphatic carbocycles. The molecule has 5 heteroatoms. The van der Waals surface area contributed by atoms with Crippen molar-refractivity contribution in [2.45, 2.75) is 0 Å². The number of fused-ring (bicyclic) bond motifs is 1. The van der Waals surface area contributed by atoms with E-state index < -0.39 is 0 Å². The summed E-state index contributed by atoms with van der Waals surface area (Å²) in [6, 6.07) is 5.20. The van der Waals surface area contributed by atoms with Gasteiger partial charge in [-0.25, -0.2) is 0 Å². The Morgan fingerprint density at radius 3 is 2.86 bits per heavy atom. The number of hydrogen-bond acceptors (Lipinski definition) is 4. The average molecular weight is 193 g/mol. The van der Waals surface area contributed by atoms with Crippen LogP contribution in [0.25, 0.3) is 10.9 Å². The minimum Gasteiger partial charge on any atom is -0.400 e. The Morgan fingerprint density at radius 1 is 1.50 bits per heavy atom. The van der Waals surface area contributed by atoms with Crippen molar-refractivity contribution in [2.24, 2.45) is 0 Å². The number of benzene rings is 1. The third-order valence-corrected chi connectivity index (χ3v) is 1.75. The highest BCUT2D eigenvalue weighted by atomic mass is 16.2. The van der Waals surface area contributed by atoms with Crippen LogP contribution in [0.5, 0.6) is 0 Å². The zero-order valence-corrected chi connectivity index (χ0v) is 7.69. The number of aromatic amines is 1. The number of H-pyrrole nitrogens is 1. The van der Waals surface area contributed by atoms with E-state index in [-0.39, 0.29) is 0 Å². The Kier molecular flexibility index (Phi) is 3.19. The van der Waals surface area contributed by atoms with Crippen molar-refractivity contribution in [1.29, 1.82) is 0 Å². The molecule has 0 saturated heterocycles. The van der Waals surface area contributed by atoms with Crippen LogP contribution < -0.4 is 5.73 Å². The molecule has 0 aliphatic heterocycles. The van der Waals surface area contributed by atoms with E-state index in [1.807, 2.05) is 0 Å². The molecular formula is C9H11N3O2. The minimum atomic E-state index is 0.461. The number of aliphatic hydroxyl groups is 1. The molecule has 0 saturated carbocycles. The Bertz CT molecular complexity index is 437. The first-order valence-electron chi connectivity index (χ1n) is 3.95. The second-order valence-electron chi connectivity index (χ2n) is 2.53. The van der Waals surface area contributed by atoms with E-state index in [1.165, 1.54) is 0 Å². The average Bonchev–Trinajstić information content (AvgIpc) is 2.63. The topological polar surface area (TPSA) is 92.0 Å². The maximum atomic E-state index is 10.4. The molecule has 14 heavy (non-hydrogen) atoms. The first kappa shape index (κ1) is 10.2. The van der Waals surface area contributed by atoms with Gasteiger partial charge in [0.05, 0.1) is 5.52 Å². The quantitative estimate of drug-likeness (QED) is 0.577. The second-order valence-corrected chi connectivity index (χ2v) is 2.53. The predicted octanol–water partition coefficient (Wildman–Crippen LogP) is 0.566. The van der Waals surface area contributed by atoms with Crippen molar-refractivity contribution in [3.63, 3.8) is 0 Å². The van der Waals surface area contributed by atoms with Crippen molar-refractivity contribution in [1.82, 2.24) is 10.2 Å². The van der Waals surface area contributed by atoms with Gasteiger partial charge in [-0.05, 0) is 12.1 Å². The van der Waals surface area contributed by atoms with Gasteiger partial charge in [-0.15, -0.1) is 0 Å². The number of aliphatic hydroxyl groups excluding tert-OH is 1. The third kappa shape index (κ3) is 1.72. The molecule has 5 nitrogen and oxygen atoms in total. The second kappa shape index (κ2) is 4.38. The van der Waals surface area contributed by atoms with Crippen LogP contribution in [-0.2, 0) is 0 Å². The normalized spacial score (nSPS) is 9.29. The van der Waals surface area contributed by atoms with E-state index in [1.54, 1.807) is 18.2 Å². The maximum Gasteiger partial charge on any atom is 0.153 e. The number of hydrogen-bond donors (Lipinski definition) is 3. The SMILES string of the molecule is CO.Nc1n[nH]c2cc(C=O)ccc12. The van der Waals surface area contributed by atoms with Crippen LogP contribution in [0.2, 0.25) is 0 Å².